The molecule has 32 heavy (non-hydrogen) atoms. The minimum atomic E-state index is -1.00. The molecular formula is C25H26O7. The Balaban J connectivity index is 2.38. The molecule has 168 valence electrons. The fourth-order valence-electron chi connectivity index (χ4n) is 3.45. The van der Waals surface area contributed by atoms with Gasteiger partial charge in [-0.3, -0.25) is 4.79 Å². The number of aliphatic hydroxyl groups is 1. The molecule has 7 heteroatoms. The molecule has 7 nitrogen and oxygen atoms in total. The molecule has 1 aromatic heterocycles. The van der Waals surface area contributed by atoms with Crippen LogP contribution in [-0.4, -0.2) is 31.6 Å². The lowest BCUT2D eigenvalue weighted by Crippen LogP contribution is -2.14. The van der Waals surface area contributed by atoms with Crippen LogP contribution in [0.1, 0.15) is 31.9 Å². The Morgan fingerprint density at radius 3 is 2.34 bits per heavy atom. The third-order valence-corrected chi connectivity index (χ3v) is 5.31. The van der Waals surface area contributed by atoms with Crippen LogP contribution in [0.2, 0.25) is 0 Å². The van der Waals surface area contributed by atoms with Crippen molar-refractivity contribution in [1.29, 1.82) is 0 Å². The molecule has 0 radical (unpaired) electrons. The number of aromatic hydroxyl groups is 4. The Morgan fingerprint density at radius 2 is 1.75 bits per heavy atom. The minimum Gasteiger partial charge on any atom is -0.508 e. The highest BCUT2D eigenvalue weighted by atomic mass is 16.3. The lowest BCUT2D eigenvalue weighted by molar-refractivity contribution is 0.210. The number of phenols is 4. The number of aliphatic hydroxyl groups excluding tert-OH is 1. The number of rotatable bonds is 6. The molecule has 0 fully saturated rings. The molecule has 2 aromatic carbocycles. The van der Waals surface area contributed by atoms with Crippen molar-refractivity contribution in [3.05, 3.63) is 69.6 Å². The molecule has 0 unspecified atom stereocenters. The van der Waals surface area contributed by atoms with Crippen molar-refractivity contribution in [2.24, 2.45) is 0 Å². The summed E-state index contributed by atoms with van der Waals surface area (Å²) in [4.78, 5) is 13.4. The Labute approximate surface area is 184 Å². The summed E-state index contributed by atoms with van der Waals surface area (Å²) >= 11 is 0. The molecule has 5 N–H and O–H groups in total. The van der Waals surface area contributed by atoms with Gasteiger partial charge in [-0.05, 0) is 39.3 Å². The van der Waals surface area contributed by atoms with E-state index in [0.717, 1.165) is 17.9 Å². The highest BCUT2D eigenvalue weighted by molar-refractivity contribution is 5.93. The molecule has 3 rings (SSSR count). The zero-order chi connectivity index (χ0) is 23.7. The van der Waals surface area contributed by atoms with E-state index in [1.807, 2.05) is 13.8 Å². The van der Waals surface area contributed by atoms with E-state index in [4.69, 9.17) is 4.42 Å². The van der Waals surface area contributed by atoms with Crippen molar-refractivity contribution in [2.75, 3.05) is 0 Å². The van der Waals surface area contributed by atoms with Crippen LogP contribution in [0.15, 0.2) is 57.5 Å². The predicted octanol–water partition coefficient (Wildman–Crippen LogP) is 4.27. The van der Waals surface area contributed by atoms with Gasteiger partial charge in [0.05, 0.1) is 11.7 Å². The second-order valence-electron chi connectivity index (χ2n) is 8.09. The molecule has 1 atom stereocenters. The fourth-order valence-corrected chi connectivity index (χ4v) is 3.45. The average molecular weight is 438 g/mol. The molecule has 0 spiro atoms. The van der Waals surface area contributed by atoms with Crippen molar-refractivity contribution in [1.82, 2.24) is 0 Å². The van der Waals surface area contributed by atoms with Gasteiger partial charge in [0.1, 0.15) is 40.2 Å². The van der Waals surface area contributed by atoms with Gasteiger partial charge in [0.25, 0.3) is 0 Å². The van der Waals surface area contributed by atoms with Crippen molar-refractivity contribution >= 4 is 11.0 Å². The van der Waals surface area contributed by atoms with Gasteiger partial charge in [0.15, 0.2) is 0 Å². The monoisotopic (exact) mass is 438 g/mol. The first-order valence-corrected chi connectivity index (χ1v) is 10.0. The minimum absolute atomic E-state index is 0.0319. The quantitative estimate of drug-likeness (QED) is 0.363. The molecule has 0 saturated carbocycles. The number of phenolic OH excluding ortho intramolecular Hbond substituents is 4. The Morgan fingerprint density at radius 1 is 1.06 bits per heavy atom. The standard InChI is InChI=1S/C25H26O7/c1-12(2)5-7-16-22(29)17(10-19(27)13(3)4)25-21(23(16)30)24(31)18(11-32-25)15-8-6-14(26)9-20(15)28/h5-6,8-9,11,19,26-30H,3,7,10H2,1-2,4H3/t19-/m1/s1. The third-order valence-electron chi connectivity index (χ3n) is 5.31. The second-order valence-corrected chi connectivity index (χ2v) is 8.09. The molecule has 0 amide bonds. The van der Waals surface area contributed by atoms with E-state index in [2.05, 4.69) is 6.58 Å². The second kappa shape index (κ2) is 8.80. The molecule has 0 bridgehead atoms. The smallest absolute Gasteiger partial charge is 0.204 e. The van der Waals surface area contributed by atoms with E-state index in [0.29, 0.717) is 5.57 Å². The van der Waals surface area contributed by atoms with Crippen LogP contribution < -0.4 is 5.43 Å². The number of benzene rings is 2. The van der Waals surface area contributed by atoms with Gasteiger partial charge in [-0.2, -0.15) is 0 Å². The van der Waals surface area contributed by atoms with E-state index in [-0.39, 0.29) is 63.3 Å². The number of hydrogen-bond donors (Lipinski definition) is 5. The van der Waals surface area contributed by atoms with Gasteiger partial charge in [-0.15, -0.1) is 0 Å². The molecule has 0 aliphatic rings. The van der Waals surface area contributed by atoms with E-state index in [1.165, 1.54) is 12.1 Å². The Kier molecular flexibility index (Phi) is 6.32. The molecule has 0 saturated heterocycles. The van der Waals surface area contributed by atoms with Crippen molar-refractivity contribution in [3.63, 3.8) is 0 Å². The lowest BCUT2D eigenvalue weighted by atomic mass is 9.93. The van der Waals surface area contributed by atoms with E-state index < -0.39 is 17.3 Å². The zero-order valence-corrected chi connectivity index (χ0v) is 18.1. The summed E-state index contributed by atoms with van der Waals surface area (Å²) in [5.41, 5.74) is 1.09. The van der Waals surface area contributed by atoms with Crippen LogP contribution in [-0.2, 0) is 12.8 Å². The van der Waals surface area contributed by atoms with Gasteiger partial charge in [-0.25, -0.2) is 0 Å². The predicted molar refractivity (Wildman–Crippen MR) is 122 cm³/mol. The van der Waals surface area contributed by atoms with Crippen LogP contribution in [0.5, 0.6) is 23.0 Å². The first-order chi connectivity index (χ1) is 15.0. The largest absolute Gasteiger partial charge is 0.508 e. The maximum absolute atomic E-state index is 13.4. The maximum atomic E-state index is 13.4. The Hall–Kier alpha value is -3.71. The van der Waals surface area contributed by atoms with Crippen molar-refractivity contribution < 1.29 is 29.9 Å². The summed E-state index contributed by atoms with van der Waals surface area (Å²) in [7, 11) is 0. The number of allylic oxidation sites excluding steroid dienone is 2. The highest BCUT2D eigenvalue weighted by Crippen LogP contribution is 2.41. The molecule has 3 aromatic rings. The first kappa shape index (κ1) is 23.0. The lowest BCUT2D eigenvalue weighted by Gasteiger charge is -2.17. The summed E-state index contributed by atoms with van der Waals surface area (Å²) in [6, 6.07) is 3.75. The SMILES string of the molecule is C=C(C)[C@H](O)Cc1c(O)c(CC=C(C)C)c(O)c2c(=O)c(-c3ccc(O)cc3O)coc12. The van der Waals surface area contributed by atoms with Crippen molar-refractivity contribution in [3.8, 4) is 34.1 Å². The van der Waals surface area contributed by atoms with E-state index >= 15 is 0 Å². The van der Waals surface area contributed by atoms with Gasteiger partial charge in [0.2, 0.25) is 5.43 Å². The van der Waals surface area contributed by atoms with Gasteiger partial charge in [-0.1, -0.05) is 23.8 Å². The van der Waals surface area contributed by atoms with Gasteiger partial charge >= 0.3 is 0 Å². The summed E-state index contributed by atoms with van der Waals surface area (Å²) in [5, 5.41) is 51.8. The number of hydrogen-bond acceptors (Lipinski definition) is 7. The van der Waals surface area contributed by atoms with Crippen LogP contribution in [0.4, 0.5) is 0 Å². The maximum Gasteiger partial charge on any atom is 0.204 e. The zero-order valence-electron chi connectivity index (χ0n) is 18.1. The third kappa shape index (κ3) is 4.20. The summed E-state index contributed by atoms with van der Waals surface area (Å²) in [6.45, 7) is 9.08. The summed E-state index contributed by atoms with van der Waals surface area (Å²) in [6.07, 6.45) is 1.97. The molecule has 1 heterocycles. The summed E-state index contributed by atoms with van der Waals surface area (Å²) < 4.78 is 5.67. The fraction of sp³-hybridized carbons (Fsp3) is 0.240. The van der Waals surface area contributed by atoms with E-state index in [1.54, 1.807) is 13.0 Å². The van der Waals surface area contributed by atoms with Crippen LogP contribution in [0.25, 0.3) is 22.1 Å². The summed E-state index contributed by atoms with van der Waals surface area (Å²) in [5.74, 6) is -1.21. The number of fused-ring (bicyclic) bond motifs is 1. The van der Waals surface area contributed by atoms with Gasteiger partial charge < -0.3 is 29.9 Å². The first-order valence-electron chi connectivity index (χ1n) is 10.0. The van der Waals surface area contributed by atoms with Crippen LogP contribution in [0.3, 0.4) is 0 Å². The molecule has 0 aliphatic heterocycles. The van der Waals surface area contributed by atoms with Gasteiger partial charge in [0, 0.05) is 29.2 Å². The van der Waals surface area contributed by atoms with E-state index in [9.17, 15) is 30.3 Å². The van der Waals surface area contributed by atoms with Crippen molar-refractivity contribution in [2.45, 2.75) is 39.7 Å². The molecule has 0 aliphatic carbocycles. The Bertz CT molecular complexity index is 1290. The molecular weight excluding hydrogens is 412 g/mol. The van der Waals surface area contributed by atoms with Crippen LogP contribution >= 0.6 is 0 Å². The topological polar surface area (TPSA) is 131 Å². The average Bonchev–Trinajstić information content (AvgIpc) is 2.71. The van der Waals surface area contributed by atoms with Crippen LogP contribution in [0, 0.1) is 0 Å². The normalized spacial score (nSPS) is 12.0. The highest BCUT2D eigenvalue weighted by Gasteiger charge is 2.26.